The normalized spacial score (nSPS) is 11.2. The molecule has 102 valence electrons. The highest BCUT2D eigenvalue weighted by Gasteiger charge is 2.20. The number of hydrogen-bond donors (Lipinski definition) is 3. The van der Waals surface area contributed by atoms with E-state index < -0.39 is 10.0 Å². The first-order valence-corrected chi connectivity index (χ1v) is 7.33. The van der Waals surface area contributed by atoms with Crippen molar-refractivity contribution >= 4 is 21.8 Å². The third-order valence-corrected chi connectivity index (χ3v) is 3.70. The van der Waals surface area contributed by atoms with Gasteiger partial charge in [0, 0.05) is 25.1 Å². The van der Waals surface area contributed by atoms with Crippen LogP contribution >= 0.6 is 0 Å². The van der Waals surface area contributed by atoms with Crippen LogP contribution in [0.15, 0.2) is 35.6 Å². The number of rotatable bonds is 6. The van der Waals surface area contributed by atoms with E-state index in [1.807, 2.05) is 6.92 Å². The number of anilines is 2. The molecule has 0 atom stereocenters. The van der Waals surface area contributed by atoms with E-state index in [9.17, 15) is 8.42 Å². The maximum atomic E-state index is 12.2. The van der Waals surface area contributed by atoms with Gasteiger partial charge >= 0.3 is 0 Å². The number of sulfonamides is 1. The molecule has 0 aliphatic carbocycles. The van der Waals surface area contributed by atoms with Gasteiger partial charge in [-0.25, -0.2) is 23.1 Å². The van der Waals surface area contributed by atoms with E-state index >= 15 is 0 Å². The lowest BCUT2D eigenvalue weighted by atomic mass is 10.4. The van der Waals surface area contributed by atoms with E-state index in [0.717, 1.165) is 6.42 Å². The van der Waals surface area contributed by atoms with Crippen LogP contribution in [-0.2, 0) is 10.0 Å². The minimum absolute atomic E-state index is 0.0971. The number of H-pyrrole nitrogens is 1. The summed E-state index contributed by atoms with van der Waals surface area (Å²) in [6, 6.07) is 3.07. The van der Waals surface area contributed by atoms with Crippen LogP contribution in [0.1, 0.15) is 13.3 Å². The van der Waals surface area contributed by atoms with Gasteiger partial charge in [-0.3, -0.25) is 0 Å². The lowest BCUT2D eigenvalue weighted by Crippen LogP contribution is -2.17. The lowest BCUT2D eigenvalue weighted by Gasteiger charge is -2.10. The van der Waals surface area contributed by atoms with Crippen molar-refractivity contribution in [3.63, 3.8) is 0 Å². The molecule has 8 heteroatoms. The van der Waals surface area contributed by atoms with E-state index in [2.05, 4.69) is 25.0 Å². The largest absolute Gasteiger partial charge is 0.369 e. The molecule has 0 saturated heterocycles. The summed E-state index contributed by atoms with van der Waals surface area (Å²) >= 11 is 0. The molecule has 0 spiro atoms. The number of aromatic amines is 1. The lowest BCUT2D eigenvalue weighted by molar-refractivity contribution is 0.600. The third kappa shape index (κ3) is 3.22. The molecule has 3 N–H and O–H groups in total. The van der Waals surface area contributed by atoms with E-state index in [1.165, 1.54) is 18.5 Å². The maximum absolute atomic E-state index is 12.2. The smallest absolute Gasteiger partial charge is 0.267 e. The molecule has 2 aromatic rings. The summed E-state index contributed by atoms with van der Waals surface area (Å²) in [6.45, 7) is 2.64. The highest BCUT2D eigenvalue weighted by atomic mass is 32.2. The Balaban J connectivity index is 2.29. The van der Waals surface area contributed by atoms with Gasteiger partial charge in [0.25, 0.3) is 10.0 Å². The van der Waals surface area contributed by atoms with Gasteiger partial charge in [0.05, 0.1) is 0 Å². The fourth-order valence-corrected chi connectivity index (χ4v) is 2.60. The number of hydrogen-bond acceptors (Lipinski definition) is 5. The summed E-state index contributed by atoms with van der Waals surface area (Å²) in [7, 11) is -3.71. The molecule has 0 saturated carbocycles. The molecule has 0 amide bonds. The van der Waals surface area contributed by atoms with Gasteiger partial charge < -0.3 is 10.3 Å². The predicted molar refractivity (Wildman–Crippen MR) is 72.4 cm³/mol. The maximum Gasteiger partial charge on any atom is 0.267 e. The highest BCUT2D eigenvalue weighted by molar-refractivity contribution is 7.92. The Kier molecular flexibility index (Phi) is 4.00. The Morgan fingerprint density at radius 2 is 2.16 bits per heavy atom. The molecule has 2 aromatic heterocycles. The van der Waals surface area contributed by atoms with Crippen LogP contribution in [0.2, 0.25) is 0 Å². The van der Waals surface area contributed by atoms with Crippen molar-refractivity contribution < 1.29 is 8.42 Å². The van der Waals surface area contributed by atoms with Crippen molar-refractivity contribution in [2.24, 2.45) is 0 Å². The van der Waals surface area contributed by atoms with E-state index in [-0.39, 0.29) is 10.8 Å². The molecule has 0 radical (unpaired) electrons. The average molecular weight is 281 g/mol. The summed E-state index contributed by atoms with van der Waals surface area (Å²) in [4.78, 5) is 10.7. The van der Waals surface area contributed by atoms with Crippen molar-refractivity contribution in [3.05, 3.63) is 30.7 Å². The van der Waals surface area contributed by atoms with E-state index in [4.69, 9.17) is 0 Å². The number of nitrogens with zero attached hydrogens (tertiary/aromatic N) is 2. The Labute approximate surface area is 111 Å². The quantitative estimate of drug-likeness (QED) is 0.743. The van der Waals surface area contributed by atoms with E-state index in [1.54, 1.807) is 12.3 Å². The Bertz CT molecular complexity index is 624. The summed E-state index contributed by atoms with van der Waals surface area (Å²) in [5.41, 5.74) is 0. The zero-order chi connectivity index (χ0) is 13.7. The second-order valence-corrected chi connectivity index (χ2v) is 5.47. The van der Waals surface area contributed by atoms with Gasteiger partial charge in [-0.1, -0.05) is 6.92 Å². The molecule has 2 rings (SSSR count). The second-order valence-electron chi connectivity index (χ2n) is 3.82. The minimum Gasteiger partial charge on any atom is -0.369 e. The van der Waals surface area contributed by atoms with Gasteiger partial charge in [-0.2, -0.15) is 0 Å². The topological polar surface area (TPSA) is 99.8 Å². The summed E-state index contributed by atoms with van der Waals surface area (Å²) in [5.74, 6) is 0.508. The summed E-state index contributed by atoms with van der Waals surface area (Å²) < 4.78 is 26.8. The van der Waals surface area contributed by atoms with Crippen LogP contribution in [0.3, 0.4) is 0 Å². The van der Waals surface area contributed by atoms with Crippen LogP contribution in [0.25, 0.3) is 0 Å². The molecule has 0 unspecified atom stereocenters. The zero-order valence-corrected chi connectivity index (χ0v) is 11.2. The van der Waals surface area contributed by atoms with Crippen molar-refractivity contribution in [3.8, 4) is 0 Å². The average Bonchev–Trinajstić information content (AvgIpc) is 2.88. The fraction of sp³-hybridized carbons (Fsp3) is 0.273. The monoisotopic (exact) mass is 281 g/mol. The van der Waals surface area contributed by atoms with Crippen LogP contribution < -0.4 is 10.0 Å². The molecular formula is C11H15N5O2S. The Morgan fingerprint density at radius 1 is 1.32 bits per heavy atom. The molecule has 19 heavy (non-hydrogen) atoms. The van der Waals surface area contributed by atoms with Crippen LogP contribution in [0.4, 0.5) is 11.8 Å². The molecule has 2 heterocycles. The van der Waals surface area contributed by atoms with Crippen molar-refractivity contribution in [2.75, 3.05) is 16.6 Å². The molecule has 0 aliphatic heterocycles. The van der Waals surface area contributed by atoms with Crippen LogP contribution in [0.5, 0.6) is 0 Å². The third-order valence-electron chi connectivity index (χ3n) is 2.33. The van der Waals surface area contributed by atoms with Crippen molar-refractivity contribution in [1.82, 2.24) is 15.0 Å². The first kappa shape index (κ1) is 13.3. The van der Waals surface area contributed by atoms with E-state index in [0.29, 0.717) is 12.4 Å². The van der Waals surface area contributed by atoms with Gasteiger partial charge in [0.15, 0.2) is 0 Å². The second kappa shape index (κ2) is 5.70. The molecular weight excluding hydrogens is 266 g/mol. The standard InChI is InChI=1S/C11H15N5O2S/c1-2-5-12-10-9(4-3-6-13-10)19(17,18)16-11-14-7-8-15-11/h3-4,6-8H,2,5H2,1H3,(H,12,13)(H2,14,15,16). The summed E-state index contributed by atoms with van der Waals surface area (Å²) in [5, 5.41) is 2.99. The number of aromatic nitrogens is 3. The highest BCUT2D eigenvalue weighted by Crippen LogP contribution is 2.20. The number of nitrogens with one attached hydrogen (secondary N) is 3. The molecule has 0 aliphatic rings. The molecule has 0 aromatic carbocycles. The first-order valence-electron chi connectivity index (χ1n) is 5.84. The zero-order valence-electron chi connectivity index (χ0n) is 10.4. The molecule has 0 bridgehead atoms. The molecule has 0 fully saturated rings. The van der Waals surface area contributed by atoms with Gasteiger partial charge in [-0.15, -0.1) is 0 Å². The summed E-state index contributed by atoms with van der Waals surface area (Å²) in [6.07, 6.45) is 5.43. The van der Waals surface area contributed by atoms with Crippen molar-refractivity contribution in [1.29, 1.82) is 0 Å². The van der Waals surface area contributed by atoms with Crippen LogP contribution in [0, 0.1) is 0 Å². The fourth-order valence-electron chi connectivity index (χ4n) is 1.49. The van der Waals surface area contributed by atoms with Gasteiger partial charge in [-0.05, 0) is 18.6 Å². The van der Waals surface area contributed by atoms with Gasteiger partial charge in [0.1, 0.15) is 10.7 Å². The van der Waals surface area contributed by atoms with Gasteiger partial charge in [0.2, 0.25) is 5.95 Å². The first-order chi connectivity index (χ1) is 9.13. The number of imidazole rings is 1. The SMILES string of the molecule is CCCNc1ncccc1S(=O)(=O)Nc1ncc[nH]1. The predicted octanol–water partition coefficient (Wildman–Crippen LogP) is 1.43. The Hall–Kier alpha value is -2.09. The molecule has 7 nitrogen and oxygen atoms in total. The van der Waals surface area contributed by atoms with Crippen LogP contribution in [-0.4, -0.2) is 29.9 Å². The Morgan fingerprint density at radius 3 is 2.84 bits per heavy atom. The van der Waals surface area contributed by atoms with Crippen molar-refractivity contribution in [2.45, 2.75) is 18.2 Å². The minimum atomic E-state index is -3.71. The number of pyridine rings is 1.